The number of anilines is 1. The Hall–Kier alpha value is -3.02. The number of hydrogen-bond donors (Lipinski definition) is 1. The molecule has 0 aliphatic rings. The van der Waals surface area contributed by atoms with E-state index in [2.05, 4.69) is 44.3 Å². The molecule has 0 saturated carbocycles. The first-order valence-corrected chi connectivity index (χ1v) is 10.1. The number of ether oxygens (including phenoxy) is 2. The smallest absolute Gasteiger partial charge is 0.308 e. The first kappa shape index (κ1) is 21.7. The Bertz CT molecular complexity index is 1060. The van der Waals surface area contributed by atoms with Crippen molar-refractivity contribution < 1.29 is 14.3 Å². The predicted octanol–water partition coefficient (Wildman–Crippen LogP) is 5.56. The maximum absolute atomic E-state index is 11.4. The summed E-state index contributed by atoms with van der Waals surface area (Å²) in [4.78, 5) is 16.2. The van der Waals surface area contributed by atoms with Crippen molar-refractivity contribution in [2.24, 2.45) is 5.41 Å². The molecule has 6 heteroatoms. The fraction of sp³-hybridized carbons (Fsp3) is 0.417. The van der Waals surface area contributed by atoms with Crippen molar-refractivity contribution in [1.82, 2.24) is 9.38 Å². The van der Waals surface area contributed by atoms with Gasteiger partial charge in [-0.2, -0.15) is 0 Å². The van der Waals surface area contributed by atoms with Crippen LogP contribution in [0.15, 0.2) is 42.6 Å². The van der Waals surface area contributed by atoms with Gasteiger partial charge in [0, 0.05) is 24.2 Å². The number of nitrogens with one attached hydrogen (secondary N) is 1. The lowest BCUT2D eigenvalue weighted by Crippen LogP contribution is -2.36. The van der Waals surface area contributed by atoms with Crippen LogP contribution in [0, 0.1) is 5.41 Å². The standard InChI is InChI=1S/C24H31N3O3/c1-16(28)30-18-12-11-17(14-19(18)29-7)21-22(26-24(5,6)15-23(2,3)4)27-13-9-8-10-20(27)25-21/h8-14,26H,15H2,1-7H3. The summed E-state index contributed by atoms with van der Waals surface area (Å²) in [5.41, 5.74) is 2.56. The summed E-state index contributed by atoms with van der Waals surface area (Å²) in [5, 5.41) is 3.72. The number of fused-ring (bicyclic) bond motifs is 1. The molecule has 2 heterocycles. The molecule has 30 heavy (non-hydrogen) atoms. The van der Waals surface area contributed by atoms with E-state index in [1.165, 1.54) is 6.92 Å². The van der Waals surface area contributed by atoms with E-state index in [-0.39, 0.29) is 16.9 Å². The van der Waals surface area contributed by atoms with E-state index in [1.807, 2.05) is 36.5 Å². The maximum Gasteiger partial charge on any atom is 0.308 e. The normalized spacial score (nSPS) is 12.1. The van der Waals surface area contributed by atoms with Crippen molar-refractivity contribution in [2.75, 3.05) is 12.4 Å². The molecule has 6 nitrogen and oxygen atoms in total. The zero-order valence-electron chi connectivity index (χ0n) is 18.9. The zero-order valence-corrected chi connectivity index (χ0v) is 18.9. The third kappa shape index (κ3) is 4.93. The molecule has 160 valence electrons. The second-order valence-electron chi connectivity index (χ2n) is 9.44. The highest BCUT2D eigenvalue weighted by atomic mass is 16.6. The van der Waals surface area contributed by atoms with Crippen molar-refractivity contribution in [3.63, 3.8) is 0 Å². The van der Waals surface area contributed by atoms with Crippen LogP contribution in [0.5, 0.6) is 11.5 Å². The monoisotopic (exact) mass is 409 g/mol. The molecule has 3 rings (SSSR count). The minimum absolute atomic E-state index is 0.152. The minimum Gasteiger partial charge on any atom is -0.493 e. The lowest BCUT2D eigenvalue weighted by molar-refractivity contribution is -0.132. The molecule has 0 amide bonds. The number of imidazole rings is 1. The lowest BCUT2D eigenvalue weighted by atomic mass is 9.82. The van der Waals surface area contributed by atoms with E-state index in [0.29, 0.717) is 11.5 Å². The van der Waals surface area contributed by atoms with Gasteiger partial charge in [0.1, 0.15) is 17.2 Å². The van der Waals surface area contributed by atoms with Crippen LogP contribution in [-0.4, -0.2) is 28.0 Å². The van der Waals surface area contributed by atoms with Crippen LogP contribution in [0.3, 0.4) is 0 Å². The number of methoxy groups -OCH3 is 1. The summed E-state index contributed by atoms with van der Waals surface area (Å²) in [6.07, 6.45) is 2.99. The number of hydrogen-bond acceptors (Lipinski definition) is 5. The van der Waals surface area contributed by atoms with E-state index >= 15 is 0 Å². The van der Waals surface area contributed by atoms with Crippen LogP contribution >= 0.6 is 0 Å². The van der Waals surface area contributed by atoms with Crippen LogP contribution in [-0.2, 0) is 4.79 Å². The van der Waals surface area contributed by atoms with Gasteiger partial charge in [0.05, 0.1) is 7.11 Å². The molecule has 0 aliphatic carbocycles. The molecule has 0 fully saturated rings. The number of esters is 1. The molecule has 0 saturated heterocycles. The second kappa shape index (κ2) is 8.01. The van der Waals surface area contributed by atoms with Gasteiger partial charge in [-0.1, -0.05) is 26.8 Å². The Labute approximate surface area is 178 Å². The topological polar surface area (TPSA) is 64.9 Å². The molecule has 3 aromatic rings. The van der Waals surface area contributed by atoms with Crippen LogP contribution in [0.25, 0.3) is 16.9 Å². The van der Waals surface area contributed by atoms with Gasteiger partial charge in [0.2, 0.25) is 0 Å². The Kier molecular flexibility index (Phi) is 5.79. The zero-order chi connectivity index (χ0) is 22.1. The van der Waals surface area contributed by atoms with Gasteiger partial charge in [-0.15, -0.1) is 0 Å². The van der Waals surface area contributed by atoms with Crippen molar-refractivity contribution in [3.05, 3.63) is 42.6 Å². The second-order valence-corrected chi connectivity index (χ2v) is 9.44. The minimum atomic E-state index is -0.389. The van der Waals surface area contributed by atoms with Crippen LogP contribution in [0.1, 0.15) is 48.0 Å². The van der Waals surface area contributed by atoms with Gasteiger partial charge in [0.15, 0.2) is 11.5 Å². The molecule has 0 radical (unpaired) electrons. The molecular weight excluding hydrogens is 378 g/mol. The molecule has 1 aromatic carbocycles. The van der Waals surface area contributed by atoms with Crippen molar-refractivity contribution in [2.45, 2.75) is 53.5 Å². The number of nitrogens with zero attached hydrogens (tertiary/aromatic N) is 2. The van der Waals surface area contributed by atoms with E-state index in [0.717, 1.165) is 29.1 Å². The molecular formula is C24H31N3O3. The van der Waals surface area contributed by atoms with Gasteiger partial charge < -0.3 is 14.8 Å². The van der Waals surface area contributed by atoms with Gasteiger partial charge in [-0.05, 0) is 56.0 Å². The summed E-state index contributed by atoms with van der Waals surface area (Å²) in [7, 11) is 1.56. The highest BCUT2D eigenvalue weighted by molar-refractivity contribution is 5.79. The Balaban J connectivity index is 2.10. The number of carbonyl (C=O) groups excluding carboxylic acids is 1. The molecule has 1 N–H and O–H groups in total. The van der Waals surface area contributed by atoms with E-state index in [9.17, 15) is 4.79 Å². The highest BCUT2D eigenvalue weighted by Gasteiger charge is 2.28. The van der Waals surface area contributed by atoms with Crippen LogP contribution in [0.4, 0.5) is 5.82 Å². The Morgan fingerprint density at radius 1 is 1.10 bits per heavy atom. The molecule has 2 aromatic heterocycles. The SMILES string of the molecule is COc1cc(-c2nc3ccccn3c2NC(C)(C)CC(C)(C)C)ccc1OC(C)=O. The van der Waals surface area contributed by atoms with Crippen molar-refractivity contribution in [3.8, 4) is 22.8 Å². The molecule has 0 spiro atoms. The average molecular weight is 410 g/mol. The Morgan fingerprint density at radius 2 is 1.83 bits per heavy atom. The van der Waals surface area contributed by atoms with Gasteiger partial charge >= 0.3 is 5.97 Å². The summed E-state index contributed by atoms with van der Waals surface area (Å²) in [6, 6.07) is 11.4. The molecule has 0 aliphatic heterocycles. The molecule has 0 unspecified atom stereocenters. The quantitative estimate of drug-likeness (QED) is 0.426. The molecule has 0 bridgehead atoms. The number of pyridine rings is 1. The van der Waals surface area contributed by atoms with Crippen molar-refractivity contribution >= 4 is 17.4 Å². The first-order valence-electron chi connectivity index (χ1n) is 10.1. The predicted molar refractivity (Wildman–Crippen MR) is 120 cm³/mol. The summed E-state index contributed by atoms with van der Waals surface area (Å²) < 4.78 is 12.8. The van der Waals surface area contributed by atoms with E-state index in [4.69, 9.17) is 14.5 Å². The van der Waals surface area contributed by atoms with Gasteiger partial charge in [-0.3, -0.25) is 9.20 Å². The Morgan fingerprint density at radius 3 is 2.47 bits per heavy atom. The molecule has 0 atom stereocenters. The number of benzene rings is 1. The highest BCUT2D eigenvalue weighted by Crippen LogP contribution is 2.38. The fourth-order valence-corrected chi connectivity index (χ4v) is 4.06. The third-order valence-corrected chi connectivity index (χ3v) is 4.65. The van der Waals surface area contributed by atoms with E-state index < -0.39 is 0 Å². The van der Waals surface area contributed by atoms with Crippen LogP contribution < -0.4 is 14.8 Å². The average Bonchev–Trinajstić information content (AvgIpc) is 2.97. The summed E-state index contributed by atoms with van der Waals surface area (Å²) in [5.74, 6) is 1.40. The van der Waals surface area contributed by atoms with Crippen LogP contribution in [0.2, 0.25) is 0 Å². The van der Waals surface area contributed by atoms with E-state index in [1.54, 1.807) is 13.2 Å². The summed E-state index contributed by atoms with van der Waals surface area (Å²) in [6.45, 7) is 12.5. The number of rotatable bonds is 6. The lowest BCUT2D eigenvalue weighted by Gasteiger charge is -2.34. The maximum atomic E-state index is 11.4. The largest absolute Gasteiger partial charge is 0.493 e. The van der Waals surface area contributed by atoms with Crippen molar-refractivity contribution in [1.29, 1.82) is 0 Å². The fourth-order valence-electron chi connectivity index (χ4n) is 4.06. The number of aromatic nitrogens is 2. The third-order valence-electron chi connectivity index (χ3n) is 4.65. The number of carbonyl (C=O) groups is 1. The summed E-state index contributed by atoms with van der Waals surface area (Å²) >= 11 is 0. The van der Waals surface area contributed by atoms with Gasteiger partial charge in [0.25, 0.3) is 0 Å². The first-order chi connectivity index (χ1) is 14.0. The van der Waals surface area contributed by atoms with Gasteiger partial charge in [-0.25, -0.2) is 4.98 Å².